The van der Waals surface area contributed by atoms with Gasteiger partial charge in [0.1, 0.15) is 5.82 Å². The molecule has 0 saturated heterocycles. The fourth-order valence-electron chi connectivity index (χ4n) is 2.71. The number of rotatable bonds is 4. The summed E-state index contributed by atoms with van der Waals surface area (Å²) in [6, 6.07) is 14.3. The smallest absolute Gasteiger partial charge is 0.266 e. The zero-order valence-corrected chi connectivity index (χ0v) is 14.2. The normalized spacial score (nSPS) is 10.5. The fourth-order valence-corrected chi connectivity index (χ4v) is 2.71. The van der Waals surface area contributed by atoms with Crippen LogP contribution in [0.15, 0.2) is 79.5 Å². The number of amides is 1. The molecular formula is C19H15N7O. The number of nitrogens with zero attached hydrogens (tertiary/aromatic N) is 6. The third-order valence-electron chi connectivity index (χ3n) is 3.96. The van der Waals surface area contributed by atoms with Crippen molar-refractivity contribution in [2.45, 2.75) is 0 Å². The van der Waals surface area contributed by atoms with Crippen molar-refractivity contribution in [1.82, 2.24) is 25.0 Å². The van der Waals surface area contributed by atoms with E-state index >= 15 is 0 Å². The molecule has 0 spiro atoms. The third-order valence-corrected chi connectivity index (χ3v) is 3.96. The van der Waals surface area contributed by atoms with Crippen LogP contribution in [0.5, 0.6) is 0 Å². The molecule has 132 valence electrons. The van der Waals surface area contributed by atoms with Crippen LogP contribution in [0.2, 0.25) is 0 Å². The van der Waals surface area contributed by atoms with Crippen molar-refractivity contribution < 1.29 is 4.79 Å². The number of benzene rings is 1. The predicted molar refractivity (Wildman–Crippen MR) is 101 cm³/mol. The molecule has 4 rings (SSSR count). The summed E-state index contributed by atoms with van der Waals surface area (Å²) in [5.74, 6) is -0.149. The second kappa shape index (κ2) is 7.04. The molecule has 0 atom stereocenters. The maximum atomic E-state index is 13.3. The van der Waals surface area contributed by atoms with Gasteiger partial charge in [-0.05, 0) is 42.5 Å². The highest BCUT2D eigenvalue weighted by Crippen LogP contribution is 2.29. The Morgan fingerprint density at radius 1 is 0.963 bits per heavy atom. The molecule has 8 nitrogen and oxygen atoms in total. The molecule has 0 aliphatic carbocycles. The van der Waals surface area contributed by atoms with Crippen LogP contribution < -0.4 is 10.6 Å². The number of aromatic nitrogens is 5. The summed E-state index contributed by atoms with van der Waals surface area (Å²) in [5.41, 5.74) is 8.25. The molecule has 0 saturated carbocycles. The van der Waals surface area contributed by atoms with Crippen LogP contribution >= 0.6 is 0 Å². The molecule has 27 heavy (non-hydrogen) atoms. The van der Waals surface area contributed by atoms with Crippen LogP contribution in [0.3, 0.4) is 0 Å². The molecule has 8 heteroatoms. The van der Waals surface area contributed by atoms with Crippen LogP contribution in [-0.4, -0.2) is 30.9 Å². The molecule has 1 amide bonds. The summed E-state index contributed by atoms with van der Waals surface area (Å²) in [7, 11) is 0. The number of hydrogen-bond acceptors (Lipinski definition) is 6. The minimum atomic E-state index is -0.314. The van der Waals surface area contributed by atoms with E-state index in [0.717, 1.165) is 5.69 Å². The first-order valence-electron chi connectivity index (χ1n) is 8.16. The van der Waals surface area contributed by atoms with Gasteiger partial charge in [0, 0.05) is 18.6 Å². The zero-order chi connectivity index (χ0) is 18.6. The largest absolute Gasteiger partial charge is 0.383 e. The van der Waals surface area contributed by atoms with Gasteiger partial charge in [0.15, 0.2) is 0 Å². The van der Waals surface area contributed by atoms with E-state index in [4.69, 9.17) is 5.73 Å². The average Bonchev–Trinajstić information content (AvgIpc) is 3.24. The topological polar surface area (TPSA) is 103 Å². The first kappa shape index (κ1) is 16.4. The Morgan fingerprint density at radius 3 is 2.63 bits per heavy atom. The van der Waals surface area contributed by atoms with E-state index in [2.05, 4.69) is 20.3 Å². The lowest BCUT2D eigenvalue weighted by molar-refractivity contribution is 0.1000. The van der Waals surface area contributed by atoms with Gasteiger partial charge in [-0.2, -0.15) is 15.3 Å². The predicted octanol–water partition coefficient (Wildman–Crippen LogP) is 2.62. The Bertz CT molecular complexity index is 1060. The summed E-state index contributed by atoms with van der Waals surface area (Å²) in [5, 5.41) is 11.9. The van der Waals surface area contributed by atoms with Crippen LogP contribution in [0.4, 0.5) is 17.2 Å². The summed E-state index contributed by atoms with van der Waals surface area (Å²) in [6.07, 6.45) is 8.12. The molecular weight excluding hydrogens is 342 g/mol. The Morgan fingerprint density at radius 2 is 1.89 bits per heavy atom. The number of anilines is 3. The summed E-state index contributed by atoms with van der Waals surface area (Å²) >= 11 is 0. The van der Waals surface area contributed by atoms with Crippen molar-refractivity contribution in [3.63, 3.8) is 0 Å². The van der Waals surface area contributed by atoms with Crippen molar-refractivity contribution in [3.05, 3.63) is 85.1 Å². The summed E-state index contributed by atoms with van der Waals surface area (Å²) < 4.78 is 1.72. The number of carbonyl (C=O) groups is 1. The molecule has 2 N–H and O–H groups in total. The maximum absolute atomic E-state index is 13.3. The van der Waals surface area contributed by atoms with Crippen LogP contribution in [-0.2, 0) is 0 Å². The molecule has 0 aliphatic heterocycles. The lowest BCUT2D eigenvalue weighted by Gasteiger charge is -2.23. The number of hydrogen-bond donors (Lipinski definition) is 1. The Balaban J connectivity index is 1.84. The number of nitrogens with two attached hydrogens (primary N) is 1. The van der Waals surface area contributed by atoms with E-state index in [0.29, 0.717) is 16.9 Å². The van der Waals surface area contributed by atoms with Gasteiger partial charge < -0.3 is 5.73 Å². The number of carbonyl (C=O) groups excluding carboxylic acids is 1. The highest BCUT2D eigenvalue weighted by atomic mass is 16.2. The lowest BCUT2D eigenvalue weighted by atomic mass is 10.1. The van der Waals surface area contributed by atoms with E-state index in [1.807, 2.05) is 36.5 Å². The Hall–Kier alpha value is -4.07. The average molecular weight is 357 g/mol. The lowest BCUT2D eigenvalue weighted by Crippen LogP contribution is -2.27. The number of pyridine rings is 1. The molecule has 0 fully saturated rings. The zero-order valence-electron chi connectivity index (χ0n) is 14.2. The van der Waals surface area contributed by atoms with Gasteiger partial charge in [0.05, 0.1) is 35.0 Å². The van der Waals surface area contributed by atoms with Gasteiger partial charge >= 0.3 is 0 Å². The van der Waals surface area contributed by atoms with E-state index in [-0.39, 0.29) is 11.7 Å². The highest BCUT2D eigenvalue weighted by molar-refractivity contribution is 6.13. The quantitative estimate of drug-likeness (QED) is 0.602. The van der Waals surface area contributed by atoms with Gasteiger partial charge in [-0.25, -0.2) is 9.67 Å². The van der Waals surface area contributed by atoms with E-state index in [1.165, 1.54) is 17.3 Å². The molecule has 4 aromatic rings. The van der Waals surface area contributed by atoms with Crippen molar-refractivity contribution in [2.24, 2.45) is 0 Å². The van der Waals surface area contributed by atoms with Gasteiger partial charge in [0.2, 0.25) is 0 Å². The van der Waals surface area contributed by atoms with Gasteiger partial charge in [-0.3, -0.25) is 9.69 Å². The maximum Gasteiger partial charge on any atom is 0.266 e. The monoisotopic (exact) mass is 357 g/mol. The molecule has 3 aromatic heterocycles. The van der Waals surface area contributed by atoms with Crippen molar-refractivity contribution in [2.75, 3.05) is 10.6 Å². The van der Waals surface area contributed by atoms with E-state index in [9.17, 15) is 4.79 Å². The third kappa shape index (κ3) is 3.23. The first-order valence-corrected chi connectivity index (χ1v) is 8.16. The highest BCUT2D eigenvalue weighted by Gasteiger charge is 2.23. The Labute approximate surface area is 154 Å². The van der Waals surface area contributed by atoms with Gasteiger partial charge in [0.25, 0.3) is 5.91 Å². The minimum Gasteiger partial charge on any atom is -0.383 e. The van der Waals surface area contributed by atoms with Crippen LogP contribution in [0.25, 0.3) is 5.69 Å². The van der Waals surface area contributed by atoms with Crippen molar-refractivity contribution in [3.8, 4) is 5.69 Å². The summed E-state index contributed by atoms with van der Waals surface area (Å²) in [4.78, 5) is 18.8. The van der Waals surface area contributed by atoms with E-state index < -0.39 is 0 Å². The fraction of sp³-hybridized carbons (Fsp3) is 0. The molecule has 0 radical (unpaired) electrons. The molecule has 3 heterocycles. The van der Waals surface area contributed by atoms with Gasteiger partial charge in [-0.1, -0.05) is 6.07 Å². The van der Waals surface area contributed by atoms with Crippen LogP contribution in [0, 0.1) is 0 Å². The van der Waals surface area contributed by atoms with E-state index in [1.54, 1.807) is 35.3 Å². The SMILES string of the molecule is Nc1ncccc1C(=O)N(c1ccnnc1)c1cccc(-n2cccn2)c1. The molecule has 0 bridgehead atoms. The second-order valence-corrected chi connectivity index (χ2v) is 5.65. The molecule has 0 aliphatic rings. The molecule has 0 unspecified atom stereocenters. The van der Waals surface area contributed by atoms with Gasteiger partial charge in [-0.15, -0.1) is 0 Å². The number of nitrogen functional groups attached to an aromatic ring is 1. The summed E-state index contributed by atoms with van der Waals surface area (Å²) in [6.45, 7) is 0. The Kier molecular flexibility index (Phi) is 4.28. The second-order valence-electron chi connectivity index (χ2n) is 5.65. The molecule has 1 aromatic carbocycles. The van der Waals surface area contributed by atoms with Crippen molar-refractivity contribution >= 4 is 23.1 Å². The van der Waals surface area contributed by atoms with Crippen LogP contribution in [0.1, 0.15) is 10.4 Å². The first-order chi connectivity index (χ1) is 13.2. The van der Waals surface area contributed by atoms with Crippen molar-refractivity contribution in [1.29, 1.82) is 0 Å². The standard InChI is InChI=1S/C19H15N7O/c20-18-17(6-2-8-21-18)19(27)26(16-7-10-22-23-13-16)15-5-1-4-14(12-15)25-11-3-9-24-25/h1-13H,(H2,20,21). The minimum absolute atomic E-state index is 0.165.